The zero-order chi connectivity index (χ0) is 26.8. The van der Waals surface area contributed by atoms with Gasteiger partial charge < -0.3 is 9.53 Å². The summed E-state index contributed by atoms with van der Waals surface area (Å²) in [5, 5.41) is 13.2. The van der Waals surface area contributed by atoms with Crippen molar-refractivity contribution in [2.24, 2.45) is 28.6 Å². The molecule has 4 atom stereocenters. The van der Waals surface area contributed by atoms with Gasteiger partial charge in [-0.2, -0.15) is 0 Å². The average Bonchev–Trinajstić information content (AvgIpc) is 3.07. The van der Waals surface area contributed by atoms with Crippen LogP contribution in [-0.2, 0) is 4.43 Å². The van der Waals surface area contributed by atoms with Crippen LogP contribution in [0.4, 0.5) is 0 Å². The quantitative estimate of drug-likeness (QED) is 0.338. The summed E-state index contributed by atoms with van der Waals surface area (Å²) in [7, 11) is -2.53. The molecule has 3 rings (SSSR count). The molecule has 0 aliphatic heterocycles. The smallest absolute Gasteiger partial charge is 0.261 e. The number of rotatable bonds is 10. The summed E-state index contributed by atoms with van der Waals surface area (Å²) in [4.78, 5) is 0. The Morgan fingerprint density at radius 3 is 1.83 bits per heavy atom. The molecule has 0 bridgehead atoms. The summed E-state index contributed by atoms with van der Waals surface area (Å²) in [5.74, 6) is 1.41. The highest BCUT2D eigenvalue weighted by molar-refractivity contribution is 6.99. The van der Waals surface area contributed by atoms with Gasteiger partial charge >= 0.3 is 0 Å². The number of hydrogen-bond acceptors (Lipinski definition) is 2. The number of benzene rings is 2. The van der Waals surface area contributed by atoms with E-state index < -0.39 is 8.32 Å². The van der Waals surface area contributed by atoms with E-state index in [1.54, 1.807) is 0 Å². The van der Waals surface area contributed by atoms with Crippen LogP contribution in [0.3, 0.4) is 0 Å². The van der Waals surface area contributed by atoms with Crippen LogP contribution in [0, 0.1) is 28.6 Å². The molecule has 2 aromatic rings. The van der Waals surface area contributed by atoms with Gasteiger partial charge in [0.05, 0.1) is 6.10 Å². The van der Waals surface area contributed by atoms with Gasteiger partial charge in [0.25, 0.3) is 8.32 Å². The first kappa shape index (κ1) is 29.1. The first-order chi connectivity index (χ1) is 16.8. The largest absolute Gasteiger partial charge is 0.407 e. The monoisotopic (exact) mass is 508 g/mol. The molecule has 36 heavy (non-hydrogen) atoms. The van der Waals surface area contributed by atoms with E-state index in [4.69, 9.17) is 4.43 Å². The third kappa shape index (κ3) is 5.40. The summed E-state index contributed by atoms with van der Waals surface area (Å²) < 4.78 is 7.39. The molecular weight excluding hydrogens is 456 g/mol. The van der Waals surface area contributed by atoms with E-state index in [0.717, 1.165) is 19.4 Å². The predicted octanol–water partition coefficient (Wildman–Crippen LogP) is 7.44. The van der Waals surface area contributed by atoms with Gasteiger partial charge in [0.2, 0.25) is 0 Å². The highest BCUT2D eigenvalue weighted by Crippen LogP contribution is 2.60. The van der Waals surface area contributed by atoms with Crippen LogP contribution in [0.25, 0.3) is 0 Å². The molecule has 0 spiro atoms. The van der Waals surface area contributed by atoms with E-state index in [1.807, 2.05) is 0 Å². The van der Waals surface area contributed by atoms with Crippen molar-refractivity contribution in [1.29, 1.82) is 0 Å². The molecule has 0 amide bonds. The SMILES string of the molecule is CC(C)[C@@H](O)CC[C@H](C)[C@@]1(C)CC[C@@H](CO[Si](c2ccccc2)(c2ccccc2)C(C)(C)C)C1(C)C. The van der Waals surface area contributed by atoms with Crippen LogP contribution < -0.4 is 10.4 Å². The molecule has 2 aromatic carbocycles. The Morgan fingerprint density at radius 1 is 0.889 bits per heavy atom. The lowest BCUT2D eigenvalue weighted by Crippen LogP contribution is -2.67. The molecular formula is C33H52O2Si. The third-order valence-electron chi connectivity index (χ3n) is 10.2. The van der Waals surface area contributed by atoms with Gasteiger partial charge in [-0.1, -0.05) is 123 Å². The minimum Gasteiger partial charge on any atom is -0.407 e. The first-order valence-electron chi connectivity index (χ1n) is 14.2. The molecule has 200 valence electrons. The van der Waals surface area contributed by atoms with Gasteiger partial charge in [0.15, 0.2) is 0 Å². The second-order valence-corrected chi connectivity index (χ2v) is 17.9. The normalized spacial score (nSPS) is 24.1. The molecule has 0 heterocycles. The van der Waals surface area contributed by atoms with Gasteiger partial charge in [0, 0.05) is 6.61 Å². The number of aliphatic hydroxyl groups excluding tert-OH is 1. The maximum Gasteiger partial charge on any atom is 0.261 e. The second kappa shape index (κ2) is 11.1. The van der Waals surface area contributed by atoms with Crippen molar-refractivity contribution in [3.05, 3.63) is 60.7 Å². The molecule has 0 aromatic heterocycles. The molecule has 0 radical (unpaired) electrons. The van der Waals surface area contributed by atoms with Crippen LogP contribution in [0.1, 0.15) is 88.0 Å². The Labute approximate surface area is 223 Å². The first-order valence-corrected chi connectivity index (χ1v) is 16.1. The van der Waals surface area contributed by atoms with Gasteiger partial charge in [0.1, 0.15) is 0 Å². The molecule has 1 saturated carbocycles. The lowest BCUT2D eigenvalue weighted by molar-refractivity contribution is 0.00600. The van der Waals surface area contributed by atoms with Crippen LogP contribution in [-0.4, -0.2) is 26.1 Å². The Balaban J connectivity index is 1.89. The Kier molecular flexibility index (Phi) is 9.01. The predicted molar refractivity (Wildman–Crippen MR) is 157 cm³/mol. The third-order valence-corrected chi connectivity index (χ3v) is 15.2. The lowest BCUT2D eigenvalue weighted by Gasteiger charge is -2.48. The van der Waals surface area contributed by atoms with Crippen molar-refractivity contribution in [3.8, 4) is 0 Å². The Morgan fingerprint density at radius 2 is 1.39 bits per heavy atom. The summed E-state index contributed by atoms with van der Waals surface area (Å²) in [5.41, 5.74) is 0.407. The van der Waals surface area contributed by atoms with Crippen molar-refractivity contribution in [2.75, 3.05) is 6.61 Å². The standard InChI is InChI=1S/C33H52O2Si/c1-25(2)30(34)21-20-26(3)33(9)23-22-27(32(33,7)8)24-35-36(31(4,5)6,28-16-12-10-13-17-28)29-18-14-11-15-19-29/h10-19,25-27,30,34H,20-24H2,1-9H3/t26-,27-,30-,33+/m0/s1. The zero-order valence-electron chi connectivity index (χ0n) is 24.5. The van der Waals surface area contributed by atoms with E-state index in [0.29, 0.717) is 17.8 Å². The minimum atomic E-state index is -2.53. The fraction of sp³-hybridized carbons (Fsp3) is 0.636. The van der Waals surface area contributed by atoms with Crippen LogP contribution in [0.2, 0.25) is 5.04 Å². The van der Waals surface area contributed by atoms with Crippen LogP contribution in [0.15, 0.2) is 60.7 Å². The van der Waals surface area contributed by atoms with Gasteiger partial charge in [-0.3, -0.25) is 0 Å². The molecule has 1 fully saturated rings. The van der Waals surface area contributed by atoms with E-state index in [2.05, 4.69) is 123 Å². The fourth-order valence-corrected chi connectivity index (χ4v) is 11.5. The molecule has 0 saturated heterocycles. The van der Waals surface area contributed by atoms with E-state index in [-0.39, 0.29) is 22.0 Å². The summed E-state index contributed by atoms with van der Waals surface area (Å²) in [6.07, 6.45) is 4.22. The van der Waals surface area contributed by atoms with Gasteiger partial charge in [-0.15, -0.1) is 0 Å². The van der Waals surface area contributed by atoms with E-state index in [9.17, 15) is 5.11 Å². The fourth-order valence-electron chi connectivity index (χ4n) is 6.86. The Bertz CT molecular complexity index is 907. The van der Waals surface area contributed by atoms with Crippen LogP contribution in [0.5, 0.6) is 0 Å². The maximum absolute atomic E-state index is 10.4. The van der Waals surface area contributed by atoms with Gasteiger partial charge in [-0.25, -0.2) is 0 Å². The molecule has 1 aliphatic carbocycles. The van der Waals surface area contributed by atoms with Crippen molar-refractivity contribution in [1.82, 2.24) is 0 Å². The summed E-state index contributed by atoms with van der Waals surface area (Å²) >= 11 is 0. The number of hydrogen-bond donors (Lipinski definition) is 1. The van der Waals surface area contributed by atoms with Crippen molar-refractivity contribution in [2.45, 2.75) is 99.1 Å². The summed E-state index contributed by atoms with van der Waals surface area (Å²) in [6, 6.07) is 22.0. The zero-order valence-corrected chi connectivity index (χ0v) is 25.5. The molecule has 2 nitrogen and oxygen atoms in total. The molecule has 1 aliphatic rings. The topological polar surface area (TPSA) is 29.5 Å². The number of aliphatic hydroxyl groups is 1. The molecule has 3 heteroatoms. The molecule has 0 unspecified atom stereocenters. The highest BCUT2D eigenvalue weighted by Gasteiger charge is 2.56. The summed E-state index contributed by atoms with van der Waals surface area (Å²) in [6.45, 7) is 22.0. The lowest BCUT2D eigenvalue weighted by atomic mass is 9.59. The van der Waals surface area contributed by atoms with Crippen molar-refractivity contribution < 1.29 is 9.53 Å². The highest BCUT2D eigenvalue weighted by atomic mass is 28.4. The second-order valence-electron chi connectivity index (χ2n) is 13.6. The molecule has 1 N–H and O–H groups in total. The van der Waals surface area contributed by atoms with E-state index >= 15 is 0 Å². The van der Waals surface area contributed by atoms with Crippen molar-refractivity contribution >= 4 is 18.7 Å². The maximum atomic E-state index is 10.4. The average molecular weight is 509 g/mol. The van der Waals surface area contributed by atoms with E-state index in [1.165, 1.54) is 23.2 Å². The van der Waals surface area contributed by atoms with Gasteiger partial charge in [-0.05, 0) is 69.7 Å². The minimum absolute atomic E-state index is 0.00202. The van der Waals surface area contributed by atoms with Crippen molar-refractivity contribution in [3.63, 3.8) is 0 Å². The van der Waals surface area contributed by atoms with Crippen LogP contribution >= 0.6 is 0 Å². The Hall–Kier alpha value is -1.42.